The predicted octanol–water partition coefficient (Wildman–Crippen LogP) is 3.49. The van der Waals surface area contributed by atoms with E-state index in [1.54, 1.807) is 18.4 Å². The van der Waals surface area contributed by atoms with Crippen LogP contribution in [0.25, 0.3) is 0 Å². The molecule has 1 fully saturated rings. The summed E-state index contributed by atoms with van der Waals surface area (Å²) in [5.41, 5.74) is 4.44. The monoisotopic (exact) mass is 274 g/mol. The maximum atomic E-state index is 5.33. The number of rotatable bonds is 4. The normalized spacial score (nSPS) is 19.7. The van der Waals surface area contributed by atoms with Gasteiger partial charge in [0.15, 0.2) is 0 Å². The van der Waals surface area contributed by atoms with E-state index in [4.69, 9.17) is 4.74 Å². The molecule has 1 atom stereocenters. The van der Waals surface area contributed by atoms with Crippen molar-refractivity contribution < 1.29 is 4.74 Å². The van der Waals surface area contributed by atoms with Crippen LogP contribution in [0.3, 0.4) is 0 Å². The van der Waals surface area contributed by atoms with E-state index in [2.05, 4.69) is 33.5 Å². The summed E-state index contributed by atoms with van der Waals surface area (Å²) in [5, 5.41) is 2.14. The summed E-state index contributed by atoms with van der Waals surface area (Å²) in [5.74, 6) is 0.943. The van der Waals surface area contributed by atoms with Gasteiger partial charge in [0.25, 0.3) is 0 Å². The molecule has 1 saturated heterocycles. The van der Waals surface area contributed by atoms with Gasteiger partial charge in [0.2, 0.25) is 0 Å². The summed E-state index contributed by atoms with van der Waals surface area (Å²) in [6.45, 7) is 2.10. The van der Waals surface area contributed by atoms with Gasteiger partial charge in [-0.15, -0.1) is 11.3 Å². The van der Waals surface area contributed by atoms with Gasteiger partial charge in [-0.3, -0.25) is 4.90 Å². The molecule has 0 spiro atoms. The first-order chi connectivity index (χ1) is 9.36. The number of hydrogen-bond donors (Lipinski definition) is 0. The number of aromatic nitrogens is 1. The van der Waals surface area contributed by atoms with Gasteiger partial charge in [-0.25, -0.2) is 4.98 Å². The van der Waals surface area contributed by atoms with Crippen molar-refractivity contribution in [3.05, 3.63) is 46.4 Å². The van der Waals surface area contributed by atoms with Crippen LogP contribution in [0.2, 0.25) is 0 Å². The van der Waals surface area contributed by atoms with Gasteiger partial charge in [0.05, 0.1) is 18.3 Å². The van der Waals surface area contributed by atoms with Gasteiger partial charge in [-0.1, -0.05) is 12.1 Å². The number of hydrogen-bond acceptors (Lipinski definition) is 4. The van der Waals surface area contributed by atoms with Crippen molar-refractivity contribution in [2.45, 2.75) is 25.4 Å². The van der Waals surface area contributed by atoms with Crippen LogP contribution < -0.4 is 4.74 Å². The van der Waals surface area contributed by atoms with Crippen molar-refractivity contribution in [3.8, 4) is 5.75 Å². The molecule has 0 bridgehead atoms. The molecule has 0 aliphatic carbocycles. The van der Waals surface area contributed by atoms with E-state index in [1.165, 1.54) is 24.1 Å². The van der Waals surface area contributed by atoms with E-state index < -0.39 is 0 Å². The molecule has 3 nitrogen and oxygen atoms in total. The van der Waals surface area contributed by atoms with E-state index in [-0.39, 0.29) is 0 Å². The average Bonchev–Trinajstić information content (AvgIpc) is 3.11. The van der Waals surface area contributed by atoms with Crippen LogP contribution in [0.4, 0.5) is 0 Å². The Hall–Kier alpha value is -1.39. The molecule has 0 N–H and O–H groups in total. The number of ether oxygens (including phenoxy) is 1. The summed E-state index contributed by atoms with van der Waals surface area (Å²) < 4.78 is 5.33. The third-order valence-electron chi connectivity index (χ3n) is 3.69. The molecule has 0 amide bonds. The van der Waals surface area contributed by atoms with Gasteiger partial charge in [0.1, 0.15) is 5.75 Å². The molecule has 1 aromatic heterocycles. The molecule has 0 unspecified atom stereocenters. The zero-order valence-corrected chi connectivity index (χ0v) is 11.9. The molecular weight excluding hydrogens is 256 g/mol. The minimum atomic E-state index is 0.497. The Labute approximate surface area is 117 Å². The standard InChI is InChI=1S/C15H18N2OS/c1-18-14-5-2-4-12(8-14)15-6-3-7-17(15)9-13-10-19-11-16-13/h2,4-5,8,10-11,15H,3,6-7,9H2,1H3/t15-/m0/s1. The van der Waals surface area contributed by atoms with Crippen molar-refractivity contribution in [3.63, 3.8) is 0 Å². The van der Waals surface area contributed by atoms with Crippen molar-refractivity contribution in [2.24, 2.45) is 0 Å². The second-order valence-corrected chi connectivity index (χ2v) is 5.60. The highest BCUT2D eigenvalue weighted by molar-refractivity contribution is 7.07. The lowest BCUT2D eigenvalue weighted by atomic mass is 10.0. The van der Waals surface area contributed by atoms with E-state index in [9.17, 15) is 0 Å². The quantitative estimate of drug-likeness (QED) is 0.853. The number of nitrogens with zero attached hydrogens (tertiary/aromatic N) is 2. The molecule has 100 valence electrons. The Morgan fingerprint density at radius 3 is 3.21 bits per heavy atom. The van der Waals surface area contributed by atoms with Gasteiger partial charge in [-0.2, -0.15) is 0 Å². The lowest BCUT2D eigenvalue weighted by Gasteiger charge is -2.24. The van der Waals surface area contributed by atoms with Crippen molar-refractivity contribution in [2.75, 3.05) is 13.7 Å². The second kappa shape index (κ2) is 5.72. The van der Waals surface area contributed by atoms with Crippen LogP contribution in [0.1, 0.15) is 30.1 Å². The fourth-order valence-electron chi connectivity index (χ4n) is 2.77. The molecule has 1 aromatic carbocycles. The predicted molar refractivity (Wildman–Crippen MR) is 77.5 cm³/mol. The summed E-state index contributed by atoms with van der Waals surface area (Å²) in [4.78, 5) is 6.91. The SMILES string of the molecule is COc1cccc([C@@H]2CCCN2Cc2cscn2)c1. The zero-order valence-electron chi connectivity index (χ0n) is 11.1. The van der Waals surface area contributed by atoms with Crippen LogP contribution in [-0.4, -0.2) is 23.5 Å². The van der Waals surface area contributed by atoms with E-state index in [0.29, 0.717) is 6.04 Å². The maximum absolute atomic E-state index is 5.33. The van der Waals surface area contributed by atoms with Crippen LogP contribution in [0.5, 0.6) is 5.75 Å². The molecule has 0 saturated carbocycles. The topological polar surface area (TPSA) is 25.4 Å². The summed E-state index contributed by atoms with van der Waals surface area (Å²) >= 11 is 1.67. The fourth-order valence-corrected chi connectivity index (χ4v) is 3.31. The lowest BCUT2D eigenvalue weighted by Crippen LogP contribution is -2.22. The molecule has 19 heavy (non-hydrogen) atoms. The average molecular weight is 274 g/mol. The summed E-state index contributed by atoms with van der Waals surface area (Å²) in [7, 11) is 1.72. The third-order valence-corrected chi connectivity index (χ3v) is 4.33. The number of methoxy groups -OCH3 is 1. The van der Waals surface area contributed by atoms with Crippen LogP contribution in [-0.2, 0) is 6.54 Å². The van der Waals surface area contributed by atoms with E-state index >= 15 is 0 Å². The maximum Gasteiger partial charge on any atom is 0.119 e. The van der Waals surface area contributed by atoms with Gasteiger partial charge in [-0.05, 0) is 37.1 Å². The highest BCUT2D eigenvalue weighted by atomic mass is 32.1. The molecule has 2 aromatic rings. The largest absolute Gasteiger partial charge is 0.497 e. The minimum Gasteiger partial charge on any atom is -0.497 e. The van der Waals surface area contributed by atoms with Crippen molar-refractivity contribution in [1.82, 2.24) is 9.88 Å². The van der Waals surface area contributed by atoms with Crippen molar-refractivity contribution >= 4 is 11.3 Å². The first-order valence-electron chi connectivity index (χ1n) is 6.62. The molecule has 1 aliphatic heterocycles. The molecule has 0 radical (unpaired) electrons. The Bertz CT molecular complexity index is 527. The summed E-state index contributed by atoms with van der Waals surface area (Å²) in [6, 6.07) is 8.93. The molecule has 1 aliphatic rings. The Balaban J connectivity index is 1.78. The number of benzene rings is 1. The Morgan fingerprint density at radius 2 is 2.42 bits per heavy atom. The van der Waals surface area contributed by atoms with Crippen LogP contribution in [0, 0.1) is 0 Å². The zero-order chi connectivity index (χ0) is 13.1. The number of thiazole rings is 1. The van der Waals surface area contributed by atoms with Crippen LogP contribution in [0.15, 0.2) is 35.2 Å². The molecule has 3 rings (SSSR count). The minimum absolute atomic E-state index is 0.497. The molecule has 4 heteroatoms. The summed E-state index contributed by atoms with van der Waals surface area (Å²) in [6.07, 6.45) is 2.48. The second-order valence-electron chi connectivity index (χ2n) is 4.88. The smallest absolute Gasteiger partial charge is 0.119 e. The highest BCUT2D eigenvalue weighted by Crippen LogP contribution is 2.34. The Morgan fingerprint density at radius 1 is 1.47 bits per heavy atom. The third kappa shape index (κ3) is 2.80. The van der Waals surface area contributed by atoms with E-state index in [1.807, 2.05) is 11.6 Å². The first kappa shape index (κ1) is 12.6. The fraction of sp³-hybridized carbons (Fsp3) is 0.400. The first-order valence-corrected chi connectivity index (χ1v) is 7.56. The molecular formula is C15H18N2OS. The number of likely N-dealkylation sites (tertiary alicyclic amines) is 1. The Kier molecular flexibility index (Phi) is 3.80. The van der Waals surface area contributed by atoms with Gasteiger partial charge >= 0.3 is 0 Å². The lowest BCUT2D eigenvalue weighted by molar-refractivity contribution is 0.245. The van der Waals surface area contributed by atoms with Gasteiger partial charge < -0.3 is 4.74 Å². The molecule has 2 heterocycles. The van der Waals surface area contributed by atoms with Gasteiger partial charge in [0, 0.05) is 18.0 Å². The van der Waals surface area contributed by atoms with Crippen molar-refractivity contribution in [1.29, 1.82) is 0 Å². The highest BCUT2D eigenvalue weighted by Gasteiger charge is 2.26. The van der Waals surface area contributed by atoms with E-state index in [0.717, 1.165) is 18.8 Å². The van der Waals surface area contributed by atoms with Crippen LogP contribution >= 0.6 is 11.3 Å².